The van der Waals surface area contributed by atoms with E-state index in [9.17, 15) is 0 Å². The highest BCUT2D eigenvalue weighted by Gasteiger charge is 2.07. The Morgan fingerprint density at radius 1 is 1.00 bits per heavy atom. The summed E-state index contributed by atoms with van der Waals surface area (Å²) in [5, 5.41) is 14.9. The van der Waals surface area contributed by atoms with Gasteiger partial charge in [-0.1, -0.05) is 12.1 Å². The molecule has 0 spiro atoms. The van der Waals surface area contributed by atoms with Crippen molar-refractivity contribution in [3.05, 3.63) is 66.0 Å². The van der Waals surface area contributed by atoms with E-state index in [4.69, 9.17) is 0 Å². The van der Waals surface area contributed by atoms with Crippen molar-refractivity contribution in [2.45, 2.75) is 20.0 Å². The lowest BCUT2D eigenvalue weighted by molar-refractivity contribution is 0.758. The highest BCUT2D eigenvalue weighted by molar-refractivity contribution is 5.79. The van der Waals surface area contributed by atoms with Crippen LogP contribution in [0.15, 0.2) is 53.8 Å². The first-order chi connectivity index (χ1) is 12.7. The molecule has 0 aliphatic rings. The number of rotatable bonds is 4. The van der Waals surface area contributed by atoms with Crippen molar-refractivity contribution < 1.29 is 0 Å². The number of aryl methyl sites for hydroxylation is 1. The molecule has 0 bridgehead atoms. The number of imidazole rings is 1. The second-order valence-electron chi connectivity index (χ2n) is 5.95. The lowest BCUT2D eigenvalue weighted by Crippen LogP contribution is -2.36. The number of nitrogens with one attached hydrogen (secondary N) is 2. The standard InChI is InChI=1S/C18H20N8/c1-13-6-5-8-15-22-14(12-26(13)15)10-20-18(19-2)21-11-17-24-23-16-7-3-4-9-25(16)17/h3-9,12H,10-11H2,1-2H3,(H2,19,20,21). The smallest absolute Gasteiger partial charge is 0.191 e. The van der Waals surface area contributed by atoms with Crippen molar-refractivity contribution in [1.82, 2.24) is 34.6 Å². The Bertz CT molecular complexity index is 1080. The predicted molar refractivity (Wildman–Crippen MR) is 100.0 cm³/mol. The summed E-state index contributed by atoms with van der Waals surface area (Å²) in [5.41, 5.74) is 3.88. The predicted octanol–water partition coefficient (Wildman–Crippen LogP) is 1.55. The number of pyridine rings is 2. The fourth-order valence-electron chi connectivity index (χ4n) is 2.85. The van der Waals surface area contributed by atoms with Crippen molar-refractivity contribution >= 4 is 17.3 Å². The molecule has 4 aromatic rings. The maximum Gasteiger partial charge on any atom is 0.191 e. The zero-order valence-electron chi connectivity index (χ0n) is 14.7. The molecule has 0 saturated carbocycles. The number of aromatic nitrogens is 5. The number of hydrogen-bond acceptors (Lipinski definition) is 4. The molecule has 2 N–H and O–H groups in total. The Balaban J connectivity index is 1.40. The van der Waals surface area contributed by atoms with Crippen LogP contribution in [0.4, 0.5) is 0 Å². The van der Waals surface area contributed by atoms with Gasteiger partial charge in [0.05, 0.1) is 18.8 Å². The van der Waals surface area contributed by atoms with Gasteiger partial charge in [0, 0.05) is 25.1 Å². The van der Waals surface area contributed by atoms with Gasteiger partial charge in [0.1, 0.15) is 5.65 Å². The van der Waals surface area contributed by atoms with E-state index >= 15 is 0 Å². The Morgan fingerprint density at radius 3 is 2.69 bits per heavy atom. The van der Waals surface area contributed by atoms with Crippen LogP contribution >= 0.6 is 0 Å². The van der Waals surface area contributed by atoms with Gasteiger partial charge in [-0.25, -0.2) is 4.98 Å². The second kappa shape index (κ2) is 6.83. The summed E-state index contributed by atoms with van der Waals surface area (Å²) in [6.07, 6.45) is 3.98. The van der Waals surface area contributed by atoms with Gasteiger partial charge in [-0.05, 0) is 31.2 Å². The summed E-state index contributed by atoms with van der Waals surface area (Å²) in [6, 6.07) is 11.9. The Morgan fingerprint density at radius 2 is 1.85 bits per heavy atom. The van der Waals surface area contributed by atoms with Gasteiger partial charge in [-0.3, -0.25) is 9.39 Å². The summed E-state index contributed by atoms with van der Waals surface area (Å²) in [4.78, 5) is 8.88. The first-order valence-corrected chi connectivity index (χ1v) is 8.41. The highest BCUT2D eigenvalue weighted by Crippen LogP contribution is 2.08. The number of guanidine groups is 1. The monoisotopic (exact) mass is 348 g/mol. The maximum atomic E-state index is 4.62. The molecule has 0 fully saturated rings. The molecule has 0 radical (unpaired) electrons. The zero-order chi connectivity index (χ0) is 17.9. The minimum absolute atomic E-state index is 0.523. The summed E-state index contributed by atoms with van der Waals surface area (Å²) in [7, 11) is 1.74. The molecule has 8 heteroatoms. The van der Waals surface area contributed by atoms with Gasteiger partial charge in [0.15, 0.2) is 17.4 Å². The third-order valence-corrected chi connectivity index (χ3v) is 4.20. The maximum absolute atomic E-state index is 4.62. The number of aliphatic imine (C=N–C) groups is 1. The fraction of sp³-hybridized carbons (Fsp3) is 0.222. The second-order valence-corrected chi connectivity index (χ2v) is 5.95. The van der Waals surface area contributed by atoms with Crippen molar-refractivity contribution in [3.63, 3.8) is 0 Å². The fourth-order valence-corrected chi connectivity index (χ4v) is 2.85. The van der Waals surface area contributed by atoms with E-state index in [-0.39, 0.29) is 0 Å². The van der Waals surface area contributed by atoms with Gasteiger partial charge in [-0.15, -0.1) is 10.2 Å². The van der Waals surface area contributed by atoms with Crippen LogP contribution in [0.3, 0.4) is 0 Å². The first kappa shape index (κ1) is 16.1. The third kappa shape index (κ3) is 3.08. The van der Waals surface area contributed by atoms with E-state index in [1.165, 1.54) is 0 Å². The molecule has 4 aromatic heterocycles. The summed E-state index contributed by atoms with van der Waals surface area (Å²) in [6.45, 7) is 3.17. The zero-order valence-corrected chi connectivity index (χ0v) is 14.7. The third-order valence-electron chi connectivity index (χ3n) is 4.20. The first-order valence-electron chi connectivity index (χ1n) is 8.41. The average molecular weight is 348 g/mol. The van der Waals surface area contributed by atoms with Crippen molar-refractivity contribution in [2.24, 2.45) is 4.99 Å². The van der Waals surface area contributed by atoms with E-state index in [0.717, 1.165) is 28.5 Å². The Kier molecular flexibility index (Phi) is 4.22. The molecule has 4 rings (SSSR count). The normalized spacial score (nSPS) is 12.0. The van der Waals surface area contributed by atoms with E-state index < -0.39 is 0 Å². The molecule has 0 aromatic carbocycles. The number of hydrogen-bond donors (Lipinski definition) is 2. The summed E-state index contributed by atoms with van der Waals surface area (Å²) >= 11 is 0. The number of nitrogens with zero attached hydrogens (tertiary/aromatic N) is 6. The van der Waals surface area contributed by atoms with E-state index in [1.807, 2.05) is 47.1 Å². The quantitative estimate of drug-likeness (QED) is 0.432. The molecule has 0 saturated heterocycles. The molecule has 0 atom stereocenters. The molecule has 4 heterocycles. The summed E-state index contributed by atoms with van der Waals surface area (Å²) < 4.78 is 4.03. The van der Waals surface area contributed by atoms with Gasteiger partial charge in [0.25, 0.3) is 0 Å². The molecule has 0 unspecified atom stereocenters. The van der Waals surface area contributed by atoms with E-state index in [0.29, 0.717) is 19.0 Å². The lowest BCUT2D eigenvalue weighted by Gasteiger charge is -2.10. The van der Waals surface area contributed by atoms with Crippen molar-refractivity contribution in [3.8, 4) is 0 Å². The van der Waals surface area contributed by atoms with Crippen molar-refractivity contribution in [1.29, 1.82) is 0 Å². The van der Waals surface area contributed by atoms with Crippen LogP contribution in [0.2, 0.25) is 0 Å². The topological polar surface area (TPSA) is 83.9 Å². The molecule has 0 amide bonds. The lowest BCUT2D eigenvalue weighted by atomic mass is 10.4. The molecular formula is C18H20N8. The Hall–Kier alpha value is -3.42. The molecule has 26 heavy (non-hydrogen) atoms. The van der Waals surface area contributed by atoms with Gasteiger partial charge >= 0.3 is 0 Å². The highest BCUT2D eigenvalue weighted by atomic mass is 15.3. The number of fused-ring (bicyclic) bond motifs is 2. The minimum Gasteiger partial charge on any atom is -0.351 e. The van der Waals surface area contributed by atoms with Crippen LogP contribution in [-0.2, 0) is 13.1 Å². The van der Waals surface area contributed by atoms with Gasteiger partial charge in [0.2, 0.25) is 0 Å². The molecule has 8 nitrogen and oxygen atoms in total. The summed E-state index contributed by atoms with van der Waals surface area (Å²) in [5.74, 6) is 1.51. The van der Waals surface area contributed by atoms with Crippen LogP contribution < -0.4 is 10.6 Å². The van der Waals surface area contributed by atoms with Crippen LogP contribution in [-0.4, -0.2) is 37.0 Å². The Labute approximate surface area is 150 Å². The minimum atomic E-state index is 0.523. The van der Waals surface area contributed by atoms with Crippen molar-refractivity contribution in [2.75, 3.05) is 7.05 Å². The average Bonchev–Trinajstić information content (AvgIpc) is 3.27. The molecular weight excluding hydrogens is 328 g/mol. The molecule has 0 aliphatic heterocycles. The van der Waals surface area contributed by atoms with Gasteiger partial charge < -0.3 is 15.0 Å². The van der Waals surface area contributed by atoms with E-state index in [1.54, 1.807) is 7.05 Å². The van der Waals surface area contributed by atoms with E-state index in [2.05, 4.69) is 48.2 Å². The van der Waals surface area contributed by atoms with Crippen LogP contribution in [0.5, 0.6) is 0 Å². The molecule has 132 valence electrons. The van der Waals surface area contributed by atoms with Crippen LogP contribution in [0, 0.1) is 6.92 Å². The largest absolute Gasteiger partial charge is 0.351 e. The van der Waals surface area contributed by atoms with Gasteiger partial charge in [-0.2, -0.15) is 0 Å². The van der Waals surface area contributed by atoms with Crippen LogP contribution in [0.25, 0.3) is 11.3 Å². The SMILES string of the molecule is CN=C(NCc1cn2c(C)cccc2n1)NCc1nnc2ccccn12. The molecule has 0 aliphatic carbocycles. The van der Waals surface area contributed by atoms with Crippen LogP contribution in [0.1, 0.15) is 17.2 Å².